The molecule has 0 saturated heterocycles. The van der Waals surface area contributed by atoms with Crippen molar-refractivity contribution in [3.05, 3.63) is 47.5 Å². The fourth-order valence-corrected chi connectivity index (χ4v) is 4.87. The second kappa shape index (κ2) is 11.5. The number of sulfonamides is 1. The number of ether oxygens (including phenoxy) is 2. The third-order valence-electron chi connectivity index (χ3n) is 6.02. The van der Waals surface area contributed by atoms with Gasteiger partial charge in [-0.15, -0.1) is 0 Å². The molecule has 194 valence electrons. The van der Waals surface area contributed by atoms with Gasteiger partial charge in [-0.2, -0.15) is 0 Å². The number of methoxy groups -OCH3 is 1. The molecule has 36 heavy (non-hydrogen) atoms. The van der Waals surface area contributed by atoms with Crippen molar-refractivity contribution in [1.82, 2.24) is 20.0 Å². The molecule has 0 amide bonds. The lowest BCUT2D eigenvalue weighted by Gasteiger charge is -2.30. The summed E-state index contributed by atoms with van der Waals surface area (Å²) in [6, 6.07) is 8.60. The monoisotopic (exact) mass is 537 g/mol. The molecule has 1 aromatic heterocycles. The number of anilines is 2. The van der Waals surface area contributed by atoms with Crippen LogP contribution in [0.4, 0.5) is 15.9 Å². The van der Waals surface area contributed by atoms with Crippen LogP contribution in [0.5, 0.6) is 11.5 Å². The van der Waals surface area contributed by atoms with Crippen molar-refractivity contribution in [2.24, 2.45) is 0 Å². The minimum Gasteiger partial charge on any atom is -0.493 e. The van der Waals surface area contributed by atoms with Crippen molar-refractivity contribution in [2.45, 2.75) is 37.8 Å². The van der Waals surface area contributed by atoms with Crippen molar-refractivity contribution in [3.8, 4) is 11.5 Å². The molecular weight excluding hydrogens is 509 g/mol. The lowest BCUT2D eigenvalue weighted by Crippen LogP contribution is -2.40. The van der Waals surface area contributed by atoms with E-state index >= 15 is 0 Å². The lowest BCUT2D eigenvalue weighted by molar-refractivity contribution is 0.135. The summed E-state index contributed by atoms with van der Waals surface area (Å²) in [4.78, 5) is 8.62. The predicted octanol–water partition coefficient (Wildman–Crippen LogP) is 4.00. The quantitative estimate of drug-likeness (QED) is 0.332. The number of aromatic nitrogens is 2. The molecule has 0 spiro atoms. The average molecular weight is 538 g/mol. The zero-order valence-electron chi connectivity index (χ0n) is 20.1. The topological polar surface area (TPSA) is 114 Å². The molecule has 0 aliphatic heterocycles. The first-order valence-corrected chi connectivity index (χ1v) is 13.9. The summed E-state index contributed by atoms with van der Waals surface area (Å²) in [5.41, 5.74) is 0.827. The molecule has 4 rings (SSSR count). The standard InChI is InChI=1S/C24H29ClFN5O4S/c1-34-21-13-20-17(24(29-14-28-20)31-19-5-3-4-18(25)23(19)26)12-22(21)35-16-8-6-15(7-9-16)27-10-11-30-36(2,32)33/h3-5,12-16,27,30H,6-11H2,1-2H3,(H,28,29,31). The van der Waals surface area contributed by atoms with E-state index in [1.807, 2.05) is 0 Å². The molecule has 0 unspecified atom stereocenters. The summed E-state index contributed by atoms with van der Waals surface area (Å²) < 4.78 is 51.2. The summed E-state index contributed by atoms with van der Waals surface area (Å²) in [6.07, 6.45) is 6.02. The van der Waals surface area contributed by atoms with Crippen LogP contribution in [0.25, 0.3) is 10.9 Å². The van der Waals surface area contributed by atoms with Gasteiger partial charge in [-0.3, -0.25) is 0 Å². The molecule has 1 saturated carbocycles. The van der Waals surface area contributed by atoms with E-state index < -0.39 is 15.8 Å². The van der Waals surface area contributed by atoms with Crippen LogP contribution in [0, 0.1) is 5.82 Å². The van der Waals surface area contributed by atoms with Crippen molar-refractivity contribution in [3.63, 3.8) is 0 Å². The first-order valence-electron chi connectivity index (χ1n) is 11.6. The van der Waals surface area contributed by atoms with Crippen LogP contribution < -0.4 is 24.8 Å². The zero-order chi connectivity index (χ0) is 25.7. The van der Waals surface area contributed by atoms with Crippen molar-refractivity contribution in [1.29, 1.82) is 0 Å². The van der Waals surface area contributed by atoms with E-state index in [-0.39, 0.29) is 16.8 Å². The number of fused-ring (bicyclic) bond motifs is 1. The highest BCUT2D eigenvalue weighted by Crippen LogP contribution is 2.37. The molecule has 1 fully saturated rings. The number of hydrogen-bond acceptors (Lipinski definition) is 8. The zero-order valence-corrected chi connectivity index (χ0v) is 21.6. The van der Waals surface area contributed by atoms with Gasteiger partial charge in [-0.05, 0) is 43.9 Å². The van der Waals surface area contributed by atoms with Gasteiger partial charge in [0.2, 0.25) is 10.0 Å². The van der Waals surface area contributed by atoms with Gasteiger partial charge >= 0.3 is 0 Å². The van der Waals surface area contributed by atoms with Crippen molar-refractivity contribution >= 4 is 44.0 Å². The maximum Gasteiger partial charge on any atom is 0.208 e. The Labute approximate surface area is 214 Å². The number of benzene rings is 2. The molecule has 1 aliphatic rings. The third-order valence-corrected chi connectivity index (χ3v) is 7.04. The molecular formula is C24H29ClFN5O4S. The SMILES string of the molecule is COc1cc2ncnc(Nc3cccc(Cl)c3F)c2cc1OC1CCC(NCCNS(C)(=O)=O)CC1. The summed E-state index contributed by atoms with van der Waals surface area (Å²) in [6.45, 7) is 0.936. The second-order valence-electron chi connectivity index (χ2n) is 8.68. The van der Waals surface area contributed by atoms with Crippen LogP contribution in [-0.4, -0.2) is 57.0 Å². The molecule has 0 atom stereocenters. The Kier molecular flexibility index (Phi) is 8.45. The van der Waals surface area contributed by atoms with Crippen molar-refractivity contribution < 1.29 is 22.3 Å². The van der Waals surface area contributed by atoms with E-state index in [0.29, 0.717) is 47.4 Å². The van der Waals surface area contributed by atoms with Crippen LogP contribution in [0.1, 0.15) is 25.7 Å². The van der Waals surface area contributed by atoms with Gasteiger partial charge in [0.05, 0.1) is 35.7 Å². The third kappa shape index (κ3) is 6.73. The van der Waals surface area contributed by atoms with Gasteiger partial charge in [0.15, 0.2) is 17.3 Å². The largest absolute Gasteiger partial charge is 0.493 e. The van der Waals surface area contributed by atoms with Crippen LogP contribution in [-0.2, 0) is 10.0 Å². The Bertz CT molecular complexity index is 1320. The highest BCUT2D eigenvalue weighted by Gasteiger charge is 2.24. The van der Waals surface area contributed by atoms with E-state index in [1.165, 1.54) is 12.4 Å². The molecule has 12 heteroatoms. The summed E-state index contributed by atoms with van der Waals surface area (Å²) >= 11 is 5.92. The molecule has 3 N–H and O–H groups in total. The maximum atomic E-state index is 14.5. The van der Waals surface area contributed by atoms with Crippen LogP contribution in [0.15, 0.2) is 36.7 Å². The Morgan fingerprint density at radius 1 is 1.11 bits per heavy atom. The van der Waals surface area contributed by atoms with Gasteiger partial charge < -0.3 is 20.1 Å². The van der Waals surface area contributed by atoms with Gasteiger partial charge in [-0.1, -0.05) is 17.7 Å². The Hall–Kier alpha value is -2.73. The summed E-state index contributed by atoms with van der Waals surface area (Å²) in [5.74, 6) is 0.967. The highest BCUT2D eigenvalue weighted by atomic mass is 35.5. The van der Waals surface area contributed by atoms with Gasteiger partial charge in [0.1, 0.15) is 12.1 Å². The van der Waals surface area contributed by atoms with Crippen LogP contribution >= 0.6 is 11.6 Å². The van der Waals surface area contributed by atoms with Gasteiger partial charge in [0, 0.05) is 30.6 Å². The first-order chi connectivity index (χ1) is 17.2. The second-order valence-corrected chi connectivity index (χ2v) is 10.9. The molecule has 0 radical (unpaired) electrons. The summed E-state index contributed by atoms with van der Waals surface area (Å²) in [7, 11) is -1.61. The van der Waals surface area contributed by atoms with E-state index in [0.717, 1.165) is 31.9 Å². The molecule has 2 aromatic carbocycles. The highest BCUT2D eigenvalue weighted by molar-refractivity contribution is 7.88. The number of rotatable bonds is 10. The van der Waals surface area contributed by atoms with Crippen LogP contribution in [0.2, 0.25) is 5.02 Å². The fraction of sp³-hybridized carbons (Fsp3) is 0.417. The van der Waals surface area contributed by atoms with Gasteiger partial charge in [0.25, 0.3) is 0 Å². The maximum absolute atomic E-state index is 14.5. The Balaban J connectivity index is 1.45. The number of nitrogens with one attached hydrogen (secondary N) is 3. The van der Waals surface area contributed by atoms with E-state index in [1.54, 1.807) is 31.4 Å². The minimum atomic E-state index is -3.18. The minimum absolute atomic E-state index is 0.00467. The lowest BCUT2D eigenvalue weighted by atomic mass is 9.93. The smallest absolute Gasteiger partial charge is 0.208 e. The molecule has 9 nitrogen and oxygen atoms in total. The predicted molar refractivity (Wildman–Crippen MR) is 138 cm³/mol. The molecule has 1 heterocycles. The van der Waals surface area contributed by atoms with E-state index in [2.05, 4.69) is 25.3 Å². The van der Waals surface area contributed by atoms with Crippen molar-refractivity contribution in [2.75, 3.05) is 31.8 Å². The molecule has 3 aromatic rings. The average Bonchev–Trinajstić information content (AvgIpc) is 2.85. The number of nitrogens with zero attached hydrogens (tertiary/aromatic N) is 2. The number of halogens is 2. The fourth-order valence-electron chi connectivity index (χ4n) is 4.22. The normalized spacial score (nSPS) is 18.2. The first kappa shape index (κ1) is 26.3. The molecule has 1 aliphatic carbocycles. The Morgan fingerprint density at radius 3 is 2.61 bits per heavy atom. The van der Waals surface area contributed by atoms with Gasteiger partial charge in [-0.25, -0.2) is 27.5 Å². The Morgan fingerprint density at radius 2 is 1.89 bits per heavy atom. The number of hydrogen-bond donors (Lipinski definition) is 3. The van der Waals surface area contributed by atoms with E-state index in [9.17, 15) is 12.8 Å². The summed E-state index contributed by atoms with van der Waals surface area (Å²) in [5, 5.41) is 7.07. The molecule has 0 bridgehead atoms. The van der Waals surface area contributed by atoms with Crippen LogP contribution in [0.3, 0.4) is 0 Å². The van der Waals surface area contributed by atoms with E-state index in [4.69, 9.17) is 21.1 Å².